The largest absolute Gasteiger partial charge is 0.497 e. The molecule has 0 heterocycles. The maximum atomic E-state index is 12.1. The smallest absolute Gasteiger partial charge is 0.229 e. The van der Waals surface area contributed by atoms with Gasteiger partial charge in [0.2, 0.25) is 5.91 Å². The molecule has 0 bridgehead atoms. The lowest BCUT2D eigenvalue weighted by atomic mass is 9.95. The number of anilines is 1. The highest BCUT2D eigenvalue weighted by Crippen LogP contribution is 2.27. The molecule has 0 radical (unpaired) electrons. The Hall–Kier alpha value is -1.07. The van der Waals surface area contributed by atoms with Gasteiger partial charge in [-0.1, -0.05) is 13.8 Å². The van der Waals surface area contributed by atoms with Gasteiger partial charge in [-0.3, -0.25) is 4.79 Å². The number of rotatable bonds is 5. The van der Waals surface area contributed by atoms with E-state index in [9.17, 15) is 4.79 Å². The van der Waals surface area contributed by atoms with Gasteiger partial charge in [-0.05, 0) is 34.0 Å². The van der Waals surface area contributed by atoms with Gasteiger partial charge >= 0.3 is 0 Å². The van der Waals surface area contributed by atoms with Crippen molar-refractivity contribution in [2.24, 2.45) is 17.6 Å². The third-order valence-electron chi connectivity index (χ3n) is 2.83. The molecule has 0 aliphatic carbocycles. The lowest BCUT2D eigenvalue weighted by molar-refractivity contribution is -0.120. The summed E-state index contributed by atoms with van der Waals surface area (Å²) < 4.78 is 5.94. The number of carbonyl (C=O) groups is 1. The molecule has 4 nitrogen and oxygen atoms in total. The zero-order valence-corrected chi connectivity index (χ0v) is 12.5. The molecule has 18 heavy (non-hydrogen) atoms. The van der Waals surface area contributed by atoms with Gasteiger partial charge in [0, 0.05) is 17.1 Å². The van der Waals surface area contributed by atoms with E-state index in [0.717, 1.165) is 4.47 Å². The summed E-state index contributed by atoms with van der Waals surface area (Å²) in [7, 11) is 1.59. The molecule has 1 unspecified atom stereocenters. The number of halogens is 1. The van der Waals surface area contributed by atoms with Crippen LogP contribution in [0.5, 0.6) is 5.75 Å². The summed E-state index contributed by atoms with van der Waals surface area (Å²) in [5.41, 5.74) is 6.32. The highest BCUT2D eigenvalue weighted by Gasteiger charge is 2.21. The minimum atomic E-state index is -0.192. The zero-order valence-electron chi connectivity index (χ0n) is 10.9. The Bertz CT molecular complexity index is 421. The molecule has 1 rings (SSSR count). The van der Waals surface area contributed by atoms with E-state index in [1.165, 1.54) is 0 Å². The Labute approximate surface area is 116 Å². The summed E-state index contributed by atoms with van der Waals surface area (Å²) in [5, 5.41) is 2.87. The fourth-order valence-corrected chi connectivity index (χ4v) is 1.98. The van der Waals surface area contributed by atoms with E-state index in [-0.39, 0.29) is 17.7 Å². The van der Waals surface area contributed by atoms with Crippen LogP contribution in [0.4, 0.5) is 5.69 Å². The number of amides is 1. The lowest BCUT2D eigenvalue weighted by Gasteiger charge is -2.19. The van der Waals surface area contributed by atoms with Gasteiger partial charge in [0.25, 0.3) is 0 Å². The number of benzene rings is 1. The van der Waals surface area contributed by atoms with E-state index in [2.05, 4.69) is 21.2 Å². The van der Waals surface area contributed by atoms with Crippen LogP contribution in [-0.2, 0) is 4.79 Å². The highest BCUT2D eigenvalue weighted by molar-refractivity contribution is 9.10. The molecule has 0 fully saturated rings. The molecule has 5 heteroatoms. The lowest BCUT2D eigenvalue weighted by Crippen LogP contribution is -2.33. The second kappa shape index (κ2) is 6.75. The summed E-state index contributed by atoms with van der Waals surface area (Å²) in [4.78, 5) is 12.1. The standard InChI is InChI=1S/C13H19BrN2O2/c1-8(2)10(7-15)13(17)16-12-6-9(18-3)4-5-11(12)14/h4-6,8,10H,7,15H2,1-3H3,(H,16,17). The maximum absolute atomic E-state index is 12.1. The number of hydrogen-bond donors (Lipinski definition) is 2. The van der Waals surface area contributed by atoms with Crippen molar-refractivity contribution < 1.29 is 9.53 Å². The predicted molar refractivity (Wildman–Crippen MR) is 76.7 cm³/mol. The number of nitrogens with one attached hydrogen (secondary N) is 1. The molecule has 0 aromatic heterocycles. The molecule has 1 aromatic carbocycles. The molecule has 1 amide bonds. The molecule has 0 aliphatic heterocycles. The number of nitrogens with two attached hydrogens (primary N) is 1. The monoisotopic (exact) mass is 314 g/mol. The van der Waals surface area contributed by atoms with Crippen molar-refractivity contribution in [3.63, 3.8) is 0 Å². The van der Waals surface area contributed by atoms with Crippen LogP contribution in [0.2, 0.25) is 0 Å². The molecule has 1 aromatic rings. The van der Waals surface area contributed by atoms with Gasteiger partial charge in [0.15, 0.2) is 0 Å². The SMILES string of the molecule is COc1ccc(Br)c(NC(=O)C(CN)C(C)C)c1. The van der Waals surface area contributed by atoms with Crippen LogP contribution in [0.1, 0.15) is 13.8 Å². The molecule has 0 aliphatic rings. The van der Waals surface area contributed by atoms with Crippen LogP contribution in [0, 0.1) is 11.8 Å². The van der Waals surface area contributed by atoms with Crippen LogP contribution in [0.15, 0.2) is 22.7 Å². The van der Waals surface area contributed by atoms with E-state index in [4.69, 9.17) is 10.5 Å². The molecule has 100 valence electrons. The van der Waals surface area contributed by atoms with E-state index in [0.29, 0.717) is 18.0 Å². The fourth-order valence-electron chi connectivity index (χ4n) is 1.63. The first kappa shape index (κ1) is 15.0. The Morgan fingerprint density at radius 1 is 1.50 bits per heavy atom. The van der Waals surface area contributed by atoms with Crippen molar-refractivity contribution in [1.82, 2.24) is 0 Å². The van der Waals surface area contributed by atoms with Gasteiger partial charge < -0.3 is 15.8 Å². The van der Waals surface area contributed by atoms with Crippen molar-refractivity contribution in [3.05, 3.63) is 22.7 Å². The Morgan fingerprint density at radius 2 is 2.17 bits per heavy atom. The minimum Gasteiger partial charge on any atom is -0.497 e. The van der Waals surface area contributed by atoms with Gasteiger partial charge in [0.05, 0.1) is 18.7 Å². The fraction of sp³-hybridized carbons (Fsp3) is 0.462. The maximum Gasteiger partial charge on any atom is 0.229 e. The van der Waals surface area contributed by atoms with Gasteiger partial charge in [-0.2, -0.15) is 0 Å². The van der Waals surface area contributed by atoms with Crippen molar-refractivity contribution >= 4 is 27.5 Å². The highest BCUT2D eigenvalue weighted by atomic mass is 79.9. The Morgan fingerprint density at radius 3 is 2.67 bits per heavy atom. The van der Waals surface area contributed by atoms with Crippen molar-refractivity contribution in [2.45, 2.75) is 13.8 Å². The molecule has 0 saturated heterocycles. The molecule has 0 saturated carbocycles. The Balaban J connectivity index is 2.86. The first-order chi connectivity index (χ1) is 8.49. The quantitative estimate of drug-likeness (QED) is 0.878. The predicted octanol–water partition coefficient (Wildman–Crippen LogP) is 2.63. The van der Waals surface area contributed by atoms with Crippen LogP contribution < -0.4 is 15.8 Å². The van der Waals surface area contributed by atoms with Crippen molar-refractivity contribution in [3.8, 4) is 5.75 Å². The molecular formula is C13H19BrN2O2. The van der Waals surface area contributed by atoms with Crippen LogP contribution in [0.25, 0.3) is 0 Å². The second-order valence-electron chi connectivity index (χ2n) is 4.42. The average molecular weight is 315 g/mol. The number of hydrogen-bond acceptors (Lipinski definition) is 3. The zero-order chi connectivity index (χ0) is 13.7. The first-order valence-corrected chi connectivity index (χ1v) is 6.63. The van der Waals surface area contributed by atoms with E-state index in [1.807, 2.05) is 26.0 Å². The third kappa shape index (κ3) is 3.71. The Kier molecular flexibility index (Phi) is 5.62. The summed E-state index contributed by atoms with van der Waals surface area (Å²) in [6.45, 7) is 4.31. The molecule has 0 spiro atoms. The summed E-state index contributed by atoms with van der Waals surface area (Å²) in [6, 6.07) is 5.43. The first-order valence-electron chi connectivity index (χ1n) is 5.84. The summed E-state index contributed by atoms with van der Waals surface area (Å²) in [6.07, 6.45) is 0. The van der Waals surface area contributed by atoms with Crippen molar-refractivity contribution in [1.29, 1.82) is 0 Å². The second-order valence-corrected chi connectivity index (χ2v) is 5.28. The molecule has 3 N–H and O–H groups in total. The summed E-state index contributed by atoms with van der Waals surface area (Å²) in [5.74, 6) is 0.645. The average Bonchev–Trinajstić information content (AvgIpc) is 2.32. The summed E-state index contributed by atoms with van der Waals surface area (Å²) >= 11 is 3.39. The normalized spacial score (nSPS) is 12.3. The van der Waals surface area contributed by atoms with E-state index in [1.54, 1.807) is 13.2 Å². The topological polar surface area (TPSA) is 64.3 Å². The van der Waals surface area contributed by atoms with Gasteiger partial charge in [-0.25, -0.2) is 0 Å². The van der Waals surface area contributed by atoms with Gasteiger partial charge in [-0.15, -0.1) is 0 Å². The van der Waals surface area contributed by atoms with Crippen LogP contribution in [-0.4, -0.2) is 19.6 Å². The minimum absolute atomic E-state index is 0.0681. The number of methoxy groups -OCH3 is 1. The van der Waals surface area contributed by atoms with Gasteiger partial charge in [0.1, 0.15) is 5.75 Å². The number of ether oxygens (including phenoxy) is 1. The van der Waals surface area contributed by atoms with E-state index >= 15 is 0 Å². The number of carbonyl (C=O) groups excluding carboxylic acids is 1. The third-order valence-corrected chi connectivity index (χ3v) is 3.52. The molecular weight excluding hydrogens is 296 g/mol. The van der Waals surface area contributed by atoms with E-state index < -0.39 is 0 Å². The van der Waals surface area contributed by atoms with Crippen molar-refractivity contribution in [2.75, 3.05) is 19.0 Å². The van der Waals surface area contributed by atoms with Crippen LogP contribution >= 0.6 is 15.9 Å². The molecule has 1 atom stereocenters. The van der Waals surface area contributed by atoms with Crippen LogP contribution in [0.3, 0.4) is 0 Å².